The molecule has 1 aromatic heterocycles. The maximum Gasteiger partial charge on any atom is 0.122 e. The lowest BCUT2D eigenvalue weighted by Crippen LogP contribution is -2.24. The summed E-state index contributed by atoms with van der Waals surface area (Å²) in [4.78, 5) is 2.51. The SMILES string of the molecule is CCN1CCCC(n2nc(C)cc2N)CC1. The molecule has 1 aliphatic heterocycles. The van der Waals surface area contributed by atoms with E-state index < -0.39 is 0 Å². The van der Waals surface area contributed by atoms with Gasteiger partial charge in [-0.2, -0.15) is 5.10 Å². The molecule has 1 saturated heterocycles. The number of likely N-dealkylation sites (tertiary alicyclic amines) is 1. The summed E-state index contributed by atoms with van der Waals surface area (Å²) in [5.74, 6) is 0.812. The Labute approximate surface area is 97.4 Å². The first kappa shape index (κ1) is 11.5. The van der Waals surface area contributed by atoms with Crippen LogP contribution in [0.5, 0.6) is 0 Å². The van der Waals surface area contributed by atoms with Crippen LogP contribution in [0.25, 0.3) is 0 Å². The van der Waals surface area contributed by atoms with Gasteiger partial charge in [0, 0.05) is 12.6 Å². The number of rotatable bonds is 2. The van der Waals surface area contributed by atoms with E-state index in [0.717, 1.165) is 18.1 Å². The van der Waals surface area contributed by atoms with Gasteiger partial charge in [0.2, 0.25) is 0 Å². The minimum atomic E-state index is 0.491. The fourth-order valence-electron chi connectivity index (χ4n) is 2.53. The standard InChI is InChI=1S/C12H22N4/c1-3-15-7-4-5-11(6-8-15)16-12(13)9-10(2)14-16/h9,11H,3-8,13H2,1-2H3. The molecule has 0 bridgehead atoms. The summed E-state index contributed by atoms with van der Waals surface area (Å²) >= 11 is 0. The maximum atomic E-state index is 5.98. The van der Waals surface area contributed by atoms with Crippen LogP contribution in [0, 0.1) is 6.92 Å². The van der Waals surface area contributed by atoms with Crippen molar-refractivity contribution in [2.24, 2.45) is 0 Å². The summed E-state index contributed by atoms with van der Waals surface area (Å²) in [6.45, 7) is 7.77. The van der Waals surface area contributed by atoms with Crippen molar-refractivity contribution >= 4 is 5.82 Å². The van der Waals surface area contributed by atoms with Gasteiger partial charge >= 0.3 is 0 Å². The highest BCUT2D eigenvalue weighted by atomic mass is 15.3. The smallest absolute Gasteiger partial charge is 0.122 e. The normalized spacial score (nSPS) is 23.2. The van der Waals surface area contributed by atoms with Crippen LogP contribution in [-0.4, -0.2) is 34.3 Å². The number of aromatic nitrogens is 2. The summed E-state index contributed by atoms with van der Waals surface area (Å²) in [7, 11) is 0. The van der Waals surface area contributed by atoms with Gasteiger partial charge in [-0.1, -0.05) is 6.92 Å². The van der Waals surface area contributed by atoms with Gasteiger partial charge in [0.15, 0.2) is 0 Å². The van der Waals surface area contributed by atoms with Gasteiger partial charge in [-0.25, -0.2) is 4.68 Å². The maximum absolute atomic E-state index is 5.98. The Kier molecular flexibility index (Phi) is 3.49. The molecule has 1 atom stereocenters. The molecule has 0 radical (unpaired) electrons. The van der Waals surface area contributed by atoms with Gasteiger partial charge in [0.1, 0.15) is 5.82 Å². The van der Waals surface area contributed by atoms with Crippen LogP contribution in [0.1, 0.15) is 37.9 Å². The molecule has 1 unspecified atom stereocenters. The molecule has 2 heterocycles. The Morgan fingerprint density at radius 2 is 2.25 bits per heavy atom. The number of nitrogens with zero attached hydrogens (tertiary/aromatic N) is 3. The Hall–Kier alpha value is -1.03. The third-order valence-electron chi connectivity index (χ3n) is 3.47. The van der Waals surface area contributed by atoms with Gasteiger partial charge < -0.3 is 10.6 Å². The summed E-state index contributed by atoms with van der Waals surface area (Å²) in [6, 6.07) is 2.45. The van der Waals surface area contributed by atoms with Gasteiger partial charge in [-0.15, -0.1) is 0 Å². The van der Waals surface area contributed by atoms with Crippen molar-refractivity contribution in [3.63, 3.8) is 0 Å². The molecule has 0 spiro atoms. The Balaban J connectivity index is 2.07. The first-order valence-electron chi connectivity index (χ1n) is 6.24. The number of aryl methyl sites for hydroxylation is 1. The third-order valence-corrected chi connectivity index (χ3v) is 3.47. The lowest BCUT2D eigenvalue weighted by molar-refractivity contribution is 0.294. The van der Waals surface area contributed by atoms with E-state index in [2.05, 4.69) is 16.9 Å². The average molecular weight is 222 g/mol. The highest BCUT2D eigenvalue weighted by Crippen LogP contribution is 2.24. The van der Waals surface area contributed by atoms with Crippen LogP contribution in [0.15, 0.2) is 6.07 Å². The highest BCUT2D eigenvalue weighted by molar-refractivity contribution is 5.30. The minimum Gasteiger partial charge on any atom is -0.384 e. The molecule has 0 amide bonds. The molecule has 0 saturated carbocycles. The number of nitrogens with two attached hydrogens (primary N) is 1. The van der Waals surface area contributed by atoms with E-state index in [4.69, 9.17) is 5.73 Å². The van der Waals surface area contributed by atoms with E-state index in [9.17, 15) is 0 Å². The van der Waals surface area contributed by atoms with Crippen molar-refractivity contribution in [2.75, 3.05) is 25.4 Å². The zero-order chi connectivity index (χ0) is 11.5. The zero-order valence-corrected chi connectivity index (χ0v) is 10.3. The Morgan fingerprint density at radius 1 is 1.44 bits per heavy atom. The van der Waals surface area contributed by atoms with Crippen LogP contribution in [0.2, 0.25) is 0 Å². The Bertz CT molecular complexity index is 345. The molecular weight excluding hydrogens is 200 g/mol. The second-order valence-corrected chi connectivity index (χ2v) is 4.67. The molecule has 1 aromatic rings. The van der Waals surface area contributed by atoms with E-state index >= 15 is 0 Å². The van der Waals surface area contributed by atoms with Crippen molar-refractivity contribution in [1.82, 2.24) is 14.7 Å². The van der Waals surface area contributed by atoms with E-state index in [1.54, 1.807) is 0 Å². The van der Waals surface area contributed by atoms with E-state index in [-0.39, 0.29) is 0 Å². The second-order valence-electron chi connectivity index (χ2n) is 4.67. The Morgan fingerprint density at radius 3 is 2.88 bits per heavy atom. The summed E-state index contributed by atoms with van der Waals surface area (Å²) in [5, 5.41) is 4.50. The molecule has 4 heteroatoms. The molecule has 2 N–H and O–H groups in total. The number of hydrogen-bond donors (Lipinski definition) is 1. The first-order chi connectivity index (χ1) is 7.70. The fourth-order valence-corrected chi connectivity index (χ4v) is 2.53. The van der Waals surface area contributed by atoms with Gasteiger partial charge in [0.25, 0.3) is 0 Å². The van der Waals surface area contributed by atoms with E-state index in [1.165, 1.54) is 32.4 Å². The summed E-state index contributed by atoms with van der Waals surface area (Å²) in [5.41, 5.74) is 7.00. The van der Waals surface area contributed by atoms with Crippen molar-refractivity contribution < 1.29 is 0 Å². The van der Waals surface area contributed by atoms with Crippen molar-refractivity contribution in [3.05, 3.63) is 11.8 Å². The van der Waals surface area contributed by atoms with Crippen LogP contribution in [0.3, 0.4) is 0 Å². The largest absolute Gasteiger partial charge is 0.384 e. The molecule has 1 fully saturated rings. The average Bonchev–Trinajstić information content (AvgIpc) is 2.51. The third kappa shape index (κ3) is 2.38. The number of nitrogen functional groups attached to an aromatic ring is 1. The topological polar surface area (TPSA) is 47.1 Å². The van der Waals surface area contributed by atoms with Gasteiger partial charge in [-0.3, -0.25) is 0 Å². The monoisotopic (exact) mass is 222 g/mol. The molecule has 16 heavy (non-hydrogen) atoms. The quantitative estimate of drug-likeness (QED) is 0.830. The second kappa shape index (κ2) is 4.87. The lowest BCUT2D eigenvalue weighted by atomic mass is 10.1. The van der Waals surface area contributed by atoms with Crippen LogP contribution in [0.4, 0.5) is 5.82 Å². The van der Waals surface area contributed by atoms with Gasteiger partial charge in [-0.05, 0) is 39.3 Å². The predicted octanol–water partition coefficient (Wildman–Crippen LogP) is 1.82. The first-order valence-corrected chi connectivity index (χ1v) is 6.24. The predicted molar refractivity (Wildman–Crippen MR) is 66.4 cm³/mol. The zero-order valence-electron chi connectivity index (χ0n) is 10.3. The van der Waals surface area contributed by atoms with Gasteiger partial charge in [0.05, 0.1) is 11.7 Å². The van der Waals surface area contributed by atoms with Crippen LogP contribution in [-0.2, 0) is 0 Å². The lowest BCUT2D eigenvalue weighted by Gasteiger charge is -2.18. The number of hydrogen-bond acceptors (Lipinski definition) is 3. The van der Waals surface area contributed by atoms with Crippen molar-refractivity contribution in [2.45, 2.75) is 39.2 Å². The van der Waals surface area contributed by atoms with E-state index in [0.29, 0.717) is 6.04 Å². The molecule has 1 aliphatic rings. The molecule has 2 rings (SSSR count). The minimum absolute atomic E-state index is 0.491. The van der Waals surface area contributed by atoms with E-state index in [1.807, 2.05) is 17.7 Å². The molecular formula is C12H22N4. The molecule has 4 nitrogen and oxygen atoms in total. The van der Waals surface area contributed by atoms with Crippen molar-refractivity contribution in [1.29, 1.82) is 0 Å². The molecule has 0 aliphatic carbocycles. The summed E-state index contributed by atoms with van der Waals surface area (Å²) < 4.78 is 2.02. The van der Waals surface area contributed by atoms with Crippen molar-refractivity contribution in [3.8, 4) is 0 Å². The van der Waals surface area contributed by atoms with Crippen LogP contribution >= 0.6 is 0 Å². The highest BCUT2D eigenvalue weighted by Gasteiger charge is 2.19. The number of anilines is 1. The van der Waals surface area contributed by atoms with Crippen LogP contribution < -0.4 is 5.73 Å². The molecule has 0 aromatic carbocycles. The summed E-state index contributed by atoms with van der Waals surface area (Å²) in [6.07, 6.45) is 3.61. The molecule has 90 valence electrons. The fraction of sp³-hybridized carbons (Fsp3) is 0.750.